The number of epoxide rings is 1. The van der Waals surface area contributed by atoms with Crippen molar-refractivity contribution in [3.05, 3.63) is 42.0 Å². The average molecular weight is 387 g/mol. The van der Waals surface area contributed by atoms with Crippen LogP contribution in [-0.4, -0.2) is 43.5 Å². The highest BCUT2D eigenvalue weighted by Crippen LogP contribution is 2.30. The van der Waals surface area contributed by atoms with Gasteiger partial charge in [0.1, 0.15) is 25.1 Å². The molecule has 0 spiro atoms. The minimum atomic E-state index is -6.15. The van der Waals surface area contributed by atoms with E-state index in [9.17, 15) is 26.5 Å². The first-order chi connectivity index (χ1) is 12.2. The second-order valence-electron chi connectivity index (χ2n) is 5.58. The summed E-state index contributed by atoms with van der Waals surface area (Å²) < 4.78 is 72.8. The van der Waals surface area contributed by atoms with Crippen LogP contribution < -0.4 is 4.74 Å². The van der Waals surface area contributed by atoms with Crippen LogP contribution >= 0.6 is 0 Å². The van der Waals surface area contributed by atoms with Gasteiger partial charge in [0.05, 0.1) is 6.61 Å². The molecule has 0 radical (unpaired) electrons. The Bertz CT molecular complexity index is 939. The third-order valence-electron chi connectivity index (χ3n) is 3.71. The monoisotopic (exact) mass is 387 g/mol. The first-order valence-electron chi connectivity index (χ1n) is 7.45. The number of alkyl halides is 2. The van der Waals surface area contributed by atoms with Crippen molar-refractivity contribution in [2.75, 3.05) is 13.2 Å². The molecule has 140 valence electrons. The van der Waals surface area contributed by atoms with Gasteiger partial charge in [-0.05, 0) is 17.0 Å². The number of hydrogen-bond donors (Lipinski definition) is 0. The number of benzene rings is 2. The molecule has 0 aliphatic carbocycles. The molecule has 0 aromatic heterocycles. The fourth-order valence-electron chi connectivity index (χ4n) is 2.27. The summed E-state index contributed by atoms with van der Waals surface area (Å²) in [6.45, 7) is 0.366. The van der Waals surface area contributed by atoms with E-state index >= 15 is 0 Å². The van der Waals surface area contributed by atoms with E-state index in [4.69, 9.17) is 9.47 Å². The van der Waals surface area contributed by atoms with Crippen molar-refractivity contribution >= 4 is 26.9 Å². The number of fused-ring (bicyclic) bond motifs is 1. The third kappa shape index (κ3) is 3.76. The second-order valence-corrected chi connectivity index (χ2v) is 7.00. The van der Waals surface area contributed by atoms with E-state index in [2.05, 4.69) is 4.74 Å². The Balaban J connectivity index is 1.80. The predicted octanol–water partition coefficient (Wildman–Crippen LogP) is 1.80. The van der Waals surface area contributed by atoms with Crippen molar-refractivity contribution in [1.29, 1.82) is 0 Å². The molecule has 0 bridgehead atoms. The zero-order valence-corrected chi connectivity index (χ0v) is 14.0. The fraction of sp³-hybridized carbons (Fsp3) is 0.312. The summed E-state index contributed by atoms with van der Waals surface area (Å²) in [4.78, 5) is 11.3. The number of esters is 1. The summed E-state index contributed by atoms with van der Waals surface area (Å²) in [7, 11) is -6.15. The SMILES string of the molecule is O=C(OCc1cccc2c(OCC3CO3)cccc12)C(F)(F)S(=O)(=O)[O-]. The molecule has 0 amide bonds. The normalized spacial score (nSPS) is 17.1. The Kier molecular flexibility index (Phi) is 4.82. The Labute approximate surface area is 147 Å². The lowest BCUT2D eigenvalue weighted by Crippen LogP contribution is -2.38. The number of hydrogen-bond acceptors (Lipinski definition) is 7. The summed E-state index contributed by atoms with van der Waals surface area (Å²) in [6.07, 6.45) is 0.0469. The van der Waals surface area contributed by atoms with Crippen LogP contribution in [0.4, 0.5) is 8.78 Å². The average Bonchev–Trinajstić information content (AvgIpc) is 3.41. The maximum absolute atomic E-state index is 13.2. The van der Waals surface area contributed by atoms with E-state index < -0.39 is 27.9 Å². The predicted molar refractivity (Wildman–Crippen MR) is 83.6 cm³/mol. The van der Waals surface area contributed by atoms with Crippen LogP contribution in [0.2, 0.25) is 0 Å². The molecular weight excluding hydrogens is 374 g/mol. The number of halogens is 2. The molecule has 1 aliphatic heterocycles. The summed E-state index contributed by atoms with van der Waals surface area (Å²) in [5, 5.41) is -3.91. The lowest BCUT2D eigenvalue weighted by molar-refractivity contribution is -0.162. The maximum Gasteiger partial charge on any atom is 0.428 e. The molecule has 1 atom stereocenters. The highest BCUT2D eigenvalue weighted by Gasteiger charge is 2.48. The number of rotatable bonds is 7. The van der Waals surface area contributed by atoms with Crippen molar-refractivity contribution in [1.82, 2.24) is 0 Å². The van der Waals surface area contributed by atoms with Gasteiger partial charge in [-0.1, -0.05) is 30.3 Å². The van der Waals surface area contributed by atoms with Gasteiger partial charge in [0.15, 0.2) is 10.1 Å². The van der Waals surface area contributed by atoms with E-state index in [-0.39, 0.29) is 6.10 Å². The summed E-state index contributed by atoms with van der Waals surface area (Å²) in [5.74, 6) is -1.87. The standard InChI is InChI=1S/C16H14F2O7S/c17-16(18,26(20,21)22)15(19)25-7-10-3-1-5-13-12(10)4-2-6-14(13)24-9-11-8-23-11/h1-6,11H,7-9H2,(H,20,21,22)/p-1. The van der Waals surface area contributed by atoms with Gasteiger partial charge in [-0.2, -0.15) is 8.78 Å². The van der Waals surface area contributed by atoms with E-state index in [1.54, 1.807) is 30.3 Å². The van der Waals surface area contributed by atoms with E-state index in [1.165, 1.54) is 6.07 Å². The molecule has 1 heterocycles. The third-order valence-corrected chi connectivity index (χ3v) is 4.50. The van der Waals surface area contributed by atoms with E-state index in [0.29, 0.717) is 35.3 Å². The molecule has 1 saturated heterocycles. The van der Waals surface area contributed by atoms with Crippen LogP contribution in [0.15, 0.2) is 36.4 Å². The first-order valence-corrected chi connectivity index (χ1v) is 8.86. The zero-order chi connectivity index (χ0) is 18.9. The lowest BCUT2D eigenvalue weighted by Gasteiger charge is -2.18. The van der Waals surface area contributed by atoms with Gasteiger partial charge in [-0.25, -0.2) is 13.2 Å². The highest BCUT2D eigenvalue weighted by atomic mass is 32.2. The van der Waals surface area contributed by atoms with Gasteiger partial charge in [-0.3, -0.25) is 0 Å². The Morgan fingerprint density at radius 2 is 1.88 bits per heavy atom. The number of ether oxygens (including phenoxy) is 3. The molecule has 1 aliphatic rings. The lowest BCUT2D eigenvalue weighted by atomic mass is 10.0. The topological polar surface area (TPSA) is 105 Å². The van der Waals surface area contributed by atoms with Crippen molar-refractivity contribution in [3.8, 4) is 5.75 Å². The molecule has 0 N–H and O–H groups in total. The van der Waals surface area contributed by atoms with Gasteiger partial charge in [0.25, 0.3) is 0 Å². The number of carbonyl (C=O) groups is 1. The molecule has 3 rings (SSSR count). The molecular formula is C16H13F2O7S-. The molecule has 0 saturated carbocycles. The van der Waals surface area contributed by atoms with Crippen molar-refractivity contribution in [3.63, 3.8) is 0 Å². The van der Waals surface area contributed by atoms with E-state index in [1.807, 2.05) is 0 Å². The van der Waals surface area contributed by atoms with Crippen LogP contribution in [0.1, 0.15) is 5.56 Å². The van der Waals surface area contributed by atoms with Gasteiger partial charge in [-0.15, -0.1) is 0 Å². The van der Waals surface area contributed by atoms with Crippen LogP contribution in [-0.2, 0) is 31.0 Å². The van der Waals surface area contributed by atoms with Gasteiger partial charge < -0.3 is 18.8 Å². The molecule has 2 aromatic rings. The van der Waals surface area contributed by atoms with Gasteiger partial charge >= 0.3 is 11.2 Å². The van der Waals surface area contributed by atoms with Crippen LogP contribution in [0.5, 0.6) is 5.75 Å². The van der Waals surface area contributed by atoms with Crippen LogP contribution in [0.25, 0.3) is 10.8 Å². The smallest absolute Gasteiger partial charge is 0.428 e. The quantitative estimate of drug-likeness (QED) is 0.405. The molecule has 1 unspecified atom stereocenters. The Morgan fingerprint density at radius 3 is 2.54 bits per heavy atom. The maximum atomic E-state index is 13.2. The zero-order valence-electron chi connectivity index (χ0n) is 13.2. The molecule has 10 heteroatoms. The van der Waals surface area contributed by atoms with Crippen molar-refractivity contribution in [2.24, 2.45) is 0 Å². The minimum absolute atomic E-state index is 0.0469. The van der Waals surface area contributed by atoms with Crippen LogP contribution in [0, 0.1) is 0 Å². The fourth-order valence-corrected chi connectivity index (χ4v) is 2.54. The second kappa shape index (κ2) is 6.78. The number of carbonyl (C=O) groups excluding carboxylic acids is 1. The van der Waals surface area contributed by atoms with E-state index in [0.717, 1.165) is 0 Å². The highest BCUT2D eigenvalue weighted by molar-refractivity contribution is 7.87. The summed E-state index contributed by atoms with van der Waals surface area (Å²) in [6, 6.07) is 9.93. The molecule has 1 fully saturated rings. The Morgan fingerprint density at radius 1 is 1.23 bits per heavy atom. The molecule has 7 nitrogen and oxygen atoms in total. The van der Waals surface area contributed by atoms with Gasteiger partial charge in [0.2, 0.25) is 0 Å². The van der Waals surface area contributed by atoms with Crippen LogP contribution in [0.3, 0.4) is 0 Å². The first kappa shape index (κ1) is 18.5. The molecule has 2 aromatic carbocycles. The Hall–Kier alpha value is -2.30. The summed E-state index contributed by atoms with van der Waals surface area (Å²) >= 11 is 0. The summed E-state index contributed by atoms with van der Waals surface area (Å²) in [5.41, 5.74) is 0.350. The van der Waals surface area contributed by atoms with Gasteiger partial charge in [0, 0.05) is 5.39 Å². The largest absolute Gasteiger partial charge is 0.743 e. The molecule has 26 heavy (non-hydrogen) atoms. The minimum Gasteiger partial charge on any atom is -0.743 e. The van der Waals surface area contributed by atoms with Crippen molar-refractivity contribution in [2.45, 2.75) is 18.0 Å². The van der Waals surface area contributed by atoms with Crippen molar-refractivity contribution < 1.29 is 40.8 Å².